The van der Waals surface area contributed by atoms with E-state index < -0.39 is 0 Å². The monoisotopic (exact) mass is 188 g/mol. The lowest BCUT2D eigenvalue weighted by Crippen LogP contribution is -2.22. The maximum absolute atomic E-state index is 2.39. The molecule has 1 aromatic carbocycles. The summed E-state index contributed by atoms with van der Waals surface area (Å²) in [5.41, 5.74) is 3.18. The van der Waals surface area contributed by atoms with Crippen molar-refractivity contribution in [2.45, 2.75) is 39.5 Å². The molecule has 76 valence electrons. The molecule has 0 N–H and O–H groups in total. The molecule has 2 unspecified atom stereocenters. The molecule has 2 rings (SSSR count). The summed E-state index contributed by atoms with van der Waals surface area (Å²) in [6.07, 6.45) is 2.65. The lowest BCUT2D eigenvalue weighted by atomic mass is 9.71. The Bertz CT molecular complexity index is 312. The predicted molar refractivity (Wildman–Crippen MR) is 61.5 cm³/mol. The maximum atomic E-state index is 2.39. The first-order valence-corrected chi connectivity index (χ1v) is 5.78. The van der Waals surface area contributed by atoms with E-state index in [0.717, 1.165) is 17.8 Å². The van der Waals surface area contributed by atoms with Crippen LogP contribution in [0.1, 0.15) is 44.2 Å². The standard InChI is InChI=1S/C14H20/c1-10(2)13-9-8-12-6-4-5-7-14(12)11(13)3/h4-7,10-11,13H,8-9H2,1-3H3. The number of fused-ring (bicyclic) bond motifs is 1. The highest BCUT2D eigenvalue weighted by Gasteiger charge is 2.27. The zero-order valence-corrected chi connectivity index (χ0v) is 9.46. The van der Waals surface area contributed by atoms with E-state index >= 15 is 0 Å². The molecule has 0 heteroatoms. The first-order valence-electron chi connectivity index (χ1n) is 5.78. The highest BCUT2D eigenvalue weighted by molar-refractivity contribution is 5.32. The number of benzene rings is 1. The van der Waals surface area contributed by atoms with Gasteiger partial charge >= 0.3 is 0 Å². The number of rotatable bonds is 1. The summed E-state index contributed by atoms with van der Waals surface area (Å²) in [5.74, 6) is 2.45. The number of hydrogen-bond donors (Lipinski definition) is 0. The zero-order valence-electron chi connectivity index (χ0n) is 9.46. The van der Waals surface area contributed by atoms with Crippen molar-refractivity contribution in [3.63, 3.8) is 0 Å². The van der Waals surface area contributed by atoms with Crippen molar-refractivity contribution < 1.29 is 0 Å². The summed E-state index contributed by atoms with van der Waals surface area (Å²) < 4.78 is 0. The summed E-state index contributed by atoms with van der Waals surface area (Å²) in [6.45, 7) is 7.10. The van der Waals surface area contributed by atoms with E-state index in [9.17, 15) is 0 Å². The fourth-order valence-electron chi connectivity index (χ4n) is 2.92. The van der Waals surface area contributed by atoms with Gasteiger partial charge in [-0.25, -0.2) is 0 Å². The van der Waals surface area contributed by atoms with Crippen molar-refractivity contribution in [2.75, 3.05) is 0 Å². The normalized spacial score (nSPS) is 26.3. The van der Waals surface area contributed by atoms with Gasteiger partial charge in [0.15, 0.2) is 0 Å². The smallest absolute Gasteiger partial charge is 0.0157 e. The molecule has 0 aromatic heterocycles. The van der Waals surface area contributed by atoms with Crippen LogP contribution in [-0.4, -0.2) is 0 Å². The van der Waals surface area contributed by atoms with Gasteiger partial charge in [0.1, 0.15) is 0 Å². The molecule has 0 aliphatic heterocycles. The molecule has 0 nitrogen and oxygen atoms in total. The van der Waals surface area contributed by atoms with E-state index in [2.05, 4.69) is 45.0 Å². The fourth-order valence-corrected chi connectivity index (χ4v) is 2.92. The topological polar surface area (TPSA) is 0 Å². The van der Waals surface area contributed by atoms with Crippen molar-refractivity contribution in [2.24, 2.45) is 11.8 Å². The van der Waals surface area contributed by atoms with Gasteiger partial charge in [0.2, 0.25) is 0 Å². The Morgan fingerprint density at radius 3 is 2.64 bits per heavy atom. The number of aryl methyl sites for hydroxylation is 1. The first kappa shape index (κ1) is 9.76. The van der Waals surface area contributed by atoms with Gasteiger partial charge in [0, 0.05) is 0 Å². The van der Waals surface area contributed by atoms with Crippen LogP contribution in [0.2, 0.25) is 0 Å². The van der Waals surface area contributed by atoms with E-state index in [1.54, 1.807) is 11.1 Å². The van der Waals surface area contributed by atoms with Crippen LogP contribution < -0.4 is 0 Å². The van der Waals surface area contributed by atoms with Gasteiger partial charge in [-0.1, -0.05) is 45.0 Å². The Hall–Kier alpha value is -0.780. The van der Waals surface area contributed by atoms with E-state index in [0.29, 0.717) is 0 Å². The van der Waals surface area contributed by atoms with E-state index in [1.807, 2.05) is 0 Å². The Morgan fingerprint density at radius 2 is 1.93 bits per heavy atom. The van der Waals surface area contributed by atoms with Crippen LogP contribution in [0.5, 0.6) is 0 Å². The molecular weight excluding hydrogens is 168 g/mol. The van der Waals surface area contributed by atoms with Crippen molar-refractivity contribution in [3.8, 4) is 0 Å². The second-order valence-corrected chi connectivity index (χ2v) is 4.93. The van der Waals surface area contributed by atoms with Gasteiger partial charge in [-0.3, -0.25) is 0 Å². The summed E-state index contributed by atoms with van der Waals surface area (Å²) in [4.78, 5) is 0. The summed E-state index contributed by atoms with van der Waals surface area (Å²) in [5, 5.41) is 0. The van der Waals surface area contributed by atoms with Gasteiger partial charge in [-0.2, -0.15) is 0 Å². The van der Waals surface area contributed by atoms with Gasteiger partial charge in [-0.15, -0.1) is 0 Å². The predicted octanol–water partition coefficient (Wildman–Crippen LogP) is 4.01. The third-order valence-corrected chi connectivity index (χ3v) is 3.79. The summed E-state index contributed by atoms with van der Waals surface area (Å²) in [7, 11) is 0. The fraction of sp³-hybridized carbons (Fsp3) is 0.571. The van der Waals surface area contributed by atoms with Crippen molar-refractivity contribution >= 4 is 0 Å². The van der Waals surface area contributed by atoms with Crippen LogP contribution in [0.25, 0.3) is 0 Å². The molecule has 0 radical (unpaired) electrons. The van der Waals surface area contributed by atoms with Gasteiger partial charge in [0.25, 0.3) is 0 Å². The van der Waals surface area contributed by atoms with Gasteiger partial charge in [-0.05, 0) is 41.7 Å². The minimum atomic E-state index is 0.750. The zero-order chi connectivity index (χ0) is 10.1. The highest BCUT2D eigenvalue weighted by Crippen LogP contribution is 2.39. The lowest BCUT2D eigenvalue weighted by Gasteiger charge is -2.33. The molecule has 1 aromatic rings. The van der Waals surface area contributed by atoms with E-state index in [-0.39, 0.29) is 0 Å². The Labute approximate surface area is 87.3 Å². The molecule has 14 heavy (non-hydrogen) atoms. The third kappa shape index (κ3) is 1.58. The molecule has 0 fully saturated rings. The molecule has 0 saturated carbocycles. The largest absolute Gasteiger partial charge is 0.0625 e. The van der Waals surface area contributed by atoms with Crippen LogP contribution in [-0.2, 0) is 6.42 Å². The van der Waals surface area contributed by atoms with Crippen molar-refractivity contribution in [1.29, 1.82) is 0 Å². The van der Waals surface area contributed by atoms with E-state index in [4.69, 9.17) is 0 Å². The molecule has 1 aliphatic carbocycles. The van der Waals surface area contributed by atoms with Crippen molar-refractivity contribution in [3.05, 3.63) is 35.4 Å². The molecule has 2 atom stereocenters. The molecule has 0 bridgehead atoms. The number of hydrogen-bond acceptors (Lipinski definition) is 0. The highest BCUT2D eigenvalue weighted by atomic mass is 14.3. The summed E-state index contributed by atoms with van der Waals surface area (Å²) >= 11 is 0. The molecular formula is C14H20. The van der Waals surface area contributed by atoms with Crippen LogP contribution in [0.4, 0.5) is 0 Å². The Morgan fingerprint density at radius 1 is 1.21 bits per heavy atom. The van der Waals surface area contributed by atoms with Crippen molar-refractivity contribution in [1.82, 2.24) is 0 Å². The lowest BCUT2D eigenvalue weighted by molar-refractivity contribution is 0.295. The third-order valence-electron chi connectivity index (χ3n) is 3.79. The Kier molecular flexibility index (Phi) is 2.62. The molecule has 0 heterocycles. The second kappa shape index (κ2) is 3.76. The maximum Gasteiger partial charge on any atom is -0.0157 e. The molecule has 0 saturated heterocycles. The van der Waals surface area contributed by atoms with Crippen LogP contribution in [0.15, 0.2) is 24.3 Å². The molecule has 0 amide bonds. The SMILES string of the molecule is CC(C)C1CCc2ccccc2C1C. The molecule has 0 spiro atoms. The first-order chi connectivity index (χ1) is 6.70. The minimum Gasteiger partial charge on any atom is -0.0625 e. The van der Waals surface area contributed by atoms with Gasteiger partial charge in [0.05, 0.1) is 0 Å². The second-order valence-electron chi connectivity index (χ2n) is 4.93. The minimum absolute atomic E-state index is 0.750. The van der Waals surface area contributed by atoms with Crippen LogP contribution >= 0.6 is 0 Å². The van der Waals surface area contributed by atoms with Crippen LogP contribution in [0.3, 0.4) is 0 Å². The van der Waals surface area contributed by atoms with E-state index in [1.165, 1.54) is 12.8 Å². The molecule has 1 aliphatic rings. The van der Waals surface area contributed by atoms with Gasteiger partial charge < -0.3 is 0 Å². The van der Waals surface area contributed by atoms with Crippen LogP contribution in [0, 0.1) is 11.8 Å². The average molecular weight is 188 g/mol. The Balaban J connectivity index is 2.31. The average Bonchev–Trinajstić information content (AvgIpc) is 2.18. The quantitative estimate of drug-likeness (QED) is 0.624. The summed E-state index contributed by atoms with van der Waals surface area (Å²) in [6, 6.07) is 8.95.